The Bertz CT molecular complexity index is 139. The molecule has 0 bridgehead atoms. The van der Waals surface area contributed by atoms with Crippen molar-refractivity contribution in [1.29, 1.82) is 0 Å². The van der Waals surface area contributed by atoms with Crippen molar-refractivity contribution in [2.45, 2.75) is 6.92 Å². The monoisotopic (exact) mass is 190 g/mol. The molecule has 0 fully saturated rings. The Hall–Kier alpha value is -0.610. The second-order valence-corrected chi connectivity index (χ2v) is 4.22. The van der Waals surface area contributed by atoms with Gasteiger partial charge >= 0.3 is 0 Å². The maximum Gasteiger partial charge on any atom is 0.118 e. The molecule has 0 rings (SSSR count). The third-order valence-electron chi connectivity index (χ3n) is 1.24. The van der Waals surface area contributed by atoms with Crippen LogP contribution in [0.25, 0.3) is 0 Å². The number of hydrogen-bond acceptors (Lipinski definition) is 3. The number of carbonyl (C=O) groups excluding carboxylic acids is 1. The Morgan fingerprint density at radius 3 is 1.62 bits per heavy atom. The Labute approximate surface area is 81.4 Å². The van der Waals surface area contributed by atoms with Crippen molar-refractivity contribution in [3.8, 4) is 0 Å². The second-order valence-electron chi connectivity index (χ2n) is 4.22. The van der Waals surface area contributed by atoms with Crippen LogP contribution >= 0.6 is 0 Å². The molecule has 0 unspecified atom stereocenters. The zero-order valence-electron chi connectivity index (χ0n) is 9.63. The van der Waals surface area contributed by atoms with Crippen LogP contribution in [0.1, 0.15) is 6.92 Å². The van der Waals surface area contributed by atoms with Gasteiger partial charge in [-0.05, 0) is 20.6 Å². The lowest BCUT2D eigenvalue weighted by molar-refractivity contribution is -0.864. The van der Waals surface area contributed by atoms with Crippen LogP contribution in [-0.4, -0.2) is 63.7 Å². The van der Waals surface area contributed by atoms with Gasteiger partial charge in [0.25, 0.3) is 0 Å². The Morgan fingerprint density at radius 2 is 1.62 bits per heavy atom. The zero-order chi connectivity index (χ0) is 11.1. The number of quaternary nitrogens is 1. The van der Waals surface area contributed by atoms with Gasteiger partial charge in [0.15, 0.2) is 0 Å². The van der Waals surface area contributed by atoms with E-state index in [4.69, 9.17) is 0 Å². The number of carbonyl (C=O) groups is 1. The van der Waals surface area contributed by atoms with Gasteiger partial charge in [-0.15, -0.1) is 0 Å². The largest absolute Gasteiger partial charge is 0.544 e. The van der Waals surface area contributed by atoms with Gasteiger partial charge in [0.2, 0.25) is 0 Å². The van der Waals surface area contributed by atoms with Gasteiger partial charge in [0.1, 0.15) is 6.54 Å². The first-order chi connectivity index (χ1) is 5.69. The van der Waals surface area contributed by atoms with E-state index in [0.717, 1.165) is 6.54 Å². The van der Waals surface area contributed by atoms with Crippen molar-refractivity contribution < 1.29 is 14.4 Å². The van der Waals surface area contributed by atoms with E-state index < -0.39 is 5.97 Å². The predicted molar refractivity (Wildman–Crippen MR) is 52.1 cm³/mol. The summed E-state index contributed by atoms with van der Waals surface area (Å²) >= 11 is 0. The number of nitrogens with zero attached hydrogens (tertiary/aromatic N) is 2. The predicted octanol–water partition coefficient (Wildman–Crippen LogP) is -0.990. The number of hydrogen-bond donors (Lipinski definition) is 0. The summed E-state index contributed by atoms with van der Waals surface area (Å²) in [4.78, 5) is 12.0. The van der Waals surface area contributed by atoms with E-state index in [1.165, 1.54) is 0 Å². The van der Waals surface area contributed by atoms with Crippen LogP contribution < -0.4 is 5.11 Å². The molecule has 0 atom stereocenters. The first-order valence-corrected chi connectivity index (χ1v) is 4.34. The van der Waals surface area contributed by atoms with E-state index in [0.29, 0.717) is 4.48 Å². The van der Waals surface area contributed by atoms with E-state index in [1.54, 1.807) is 21.1 Å². The average molecular weight is 190 g/mol. The van der Waals surface area contributed by atoms with Gasteiger partial charge in [-0.1, -0.05) is 6.92 Å². The Balaban J connectivity index is 0. The lowest BCUT2D eigenvalue weighted by atomic mass is 10.5. The van der Waals surface area contributed by atoms with Gasteiger partial charge < -0.3 is 19.3 Å². The smallest absolute Gasteiger partial charge is 0.118 e. The van der Waals surface area contributed by atoms with Crippen molar-refractivity contribution in [2.24, 2.45) is 0 Å². The fraction of sp³-hybridized carbons (Fsp3) is 0.889. The quantitative estimate of drug-likeness (QED) is 0.537. The summed E-state index contributed by atoms with van der Waals surface area (Å²) in [6, 6.07) is 0. The number of carboxylic acids is 1. The molecule has 0 N–H and O–H groups in total. The zero-order valence-corrected chi connectivity index (χ0v) is 9.63. The molecule has 0 aliphatic heterocycles. The summed E-state index contributed by atoms with van der Waals surface area (Å²) in [5, 5.41) is 9.89. The molecule has 4 nitrogen and oxygen atoms in total. The van der Waals surface area contributed by atoms with Gasteiger partial charge in [0.05, 0.1) is 27.1 Å². The standard InChI is InChI=1S/C5H11NO2.C4H11N/c1-6(2,3)4-5(7)8;1-4-5(2)3/h4H2,1-3H3;4H2,1-3H3. The molecule has 0 amide bonds. The highest BCUT2D eigenvalue weighted by Gasteiger charge is 2.04. The molecular formula is C9H22N2O2. The molecule has 0 aliphatic carbocycles. The Morgan fingerprint density at radius 1 is 1.31 bits per heavy atom. The van der Waals surface area contributed by atoms with Gasteiger partial charge in [-0.25, -0.2) is 0 Å². The van der Waals surface area contributed by atoms with Crippen LogP contribution in [-0.2, 0) is 4.79 Å². The topological polar surface area (TPSA) is 43.4 Å². The molecule has 4 heteroatoms. The molecule has 0 heterocycles. The Kier molecular flexibility index (Phi) is 7.85. The molecule has 0 aromatic rings. The lowest BCUT2D eigenvalue weighted by Gasteiger charge is -2.23. The molecule has 0 spiro atoms. The molecule has 0 radical (unpaired) electrons. The molecule has 0 aromatic carbocycles. The van der Waals surface area contributed by atoms with Crippen LogP contribution in [0.5, 0.6) is 0 Å². The fourth-order valence-electron chi connectivity index (χ4n) is 0.387. The van der Waals surface area contributed by atoms with Crippen molar-refractivity contribution >= 4 is 5.97 Å². The number of rotatable bonds is 3. The van der Waals surface area contributed by atoms with Gasteiger partial charge in [0, 0.05) is 0 Å². The van der Waals surface area contributed by atoms with Crippen molar-refractivity contribution in [3.63, 3.8) is 0 Å². The molecule has 80 valence electrons. The lowest BCUT2D eigenvalue weighted by Crippen LogP contribution is -2.45. The third-order valence-corrected chi connectivity index (χ3v) is 1.24. The summed E-state index contributed by atoms with van der Waals surface area (Å²) in [5.41, 5.74) is 0. The molecule has 0 saturated carbocycles. The number of likely N-dealkylation sites (N-methyl/N-ethyl adjacent to an activating group) is 1. The summed E-state index contributed by atoms with van der Waals surface area (Å²) in [5.74, 6) is -1.00. The summed E-state index contributed by atoms with van der Waals surface area (Å²) < 4.78 is 0.419. The fourth-order valence-corrected chi connectivity index (χ4v) is 0.387. The highest BCUT2D eigenvalue weighted by Crippen LogP contribution is 1.84. The van der Waals surface area contributed by atoms with Crippen LogP contribution in [0.15, 0.2) is 0 Å². The number of aliphatic carboxylic acids is 1. The molecule has 13 heavy (non-hydrogen) atoms. The normalized spacial score (nSPS) is 10.7. The minimum atomic E-state index is -1.00. The minimum absolute atomic E-state index is 0.0694. The highest BCUT2D eigenvalue weighted by molar-refractivity contribution is 5.65. The van der Waals surface area contributed by atoms with Crippen LogP contribution in [0.3, 0.4) is 0 Å². The summed E-state index contributed by atoms with van der Waals surface area (Å²) in [6.45, 7) is 3.33. The summed E-state index contributed by atoms with van der Waals surface area (Å²) in [7, 11) is 9.52. The van der Waals surface area contributed by atoms with Gasteiger partial charge in [-0.2, -0.15) is 0 Å². The van der Waals surface area contributed by atoms with Crippen LogP contribution in [0, 0.1) is 0 Å². The van der Waals surface area contributed by atoms with E-state index in [2.05, 4.69) is 25.9 Å². The van der Waals surface area contributed by atoms with Crippen molar-refractivity contribution in [2.75, 3.05) is 48.3 Å². The first-order valence-electron chi connectivity index (χ1n) is 4.34. The van der Waals surface area contributed by atoms with E-state index in [1.807, 2.05) is 0 Å². The molecular weight excluding hydrogens is 168 g/mol. The van der Waals surface area contributed by atoms with E-state index in [9.17, 15) is 9.90 Å². The number of carboxylic acid groups (broad SMARTS) is 1. The maximum atomic E-state index is 9.89. The van der Waals surface area contributed by atoms with Crippen molar-refractivity contribution in [1.82, 2.24) is 4.90 Å². The minimum Gasteiger partial charge on any atom is -0.544 e. The molecule has 0 saturated heterocycles. The maximum absolute atomic E-state index is 9.89. The van der Waals surface area contributed by atoms with Gasteiger partial charge in [-0.3, -0.25) is 0 Å². The molecule has 0 aliphatic rings. The van der Waals surface area contributed by atoms with E-state index >= 15 is 0 Å². The second kappa shape index (κ2) is 6.86. The first kappa shape index (κ1) is 14.9. The van der Waals surface area contributed by atoms with Crippen LogP contribution in [0.2, 0.25) is 0 Å². The summed E-state index contributed by atoms with van der Waals surface area (Å²) in [6.07, 6.45) is 0. The molecule has 0 aromatic heterocycles. The average Bonchev–Trinajstić information content (AvgIpc) is 1.83. The third kappa shape index (κ3) is 24.6. The van der Waals surface area contributed by atoms with Crippen LogP contribution in [0.4, 0.5) is 0 Å². The SMILES string of the molecule is CCN(C)C.C[N+](C)(C)CC(=O)[O-]. The highest BCUT2D eigenvalue weighted by atomic mass is 16.4. The van der Waals surface area contributed by atoms with Crippen molar-refractivity contribution in [3.05, 3.63) is 0 Å². The van der Waals surface area contributed by atoms with E-state index in [-0.39, 0.29) is 6.54 Å².